The standard InChI is InChI=1S/C23H33F3N4O6S2/c1-22(2,3)36-21(32)28-11-16(14-37-26)13-35-19-6-5-18(12-27-19)38(33,34)30-9-7-17(8-10-30)20(31)29-15-23(4,24)25/h5-6,12,14,17H,7-11,13,15H2,1-4H3,(H,28,32)(H,29,31)/b16-14+. The number of carbonyl (C=O) groups is 2. The summed E-state index contributed by atoms with van der Waals surface area (Å²) in [5, 5.41) is 5.86. The molecule has 0 radical (unpaired) electrons. The maximum Gasteiger partial charge on any atom is 0.407 e. The Kier molecular flexibility index (Phi) is 11.3. The van der Waals surface area contributed by atoms with Gasteiger partial charge in [-0.1, -0.05) is 0 Å². The van der Waals surface area contributed by atoms with E-state index in [-0.39, 0.29) is 62.0 Å². The lowest BCUT2D eigenvalue weighted by atomic mass is 9.97. The first-order valence-corrected chi connectivity index (χ1v) is 14.0. The Hall–Kier alpha value is -2.52. The highest BCUT2D eigenvalue weighted by Gasteiger charge is 2.33. The second-order valence-electron chi connectivity index (χ2n) is 9.81. The lowest BCUT2D eigenvalue weighted by Crippen LogP contribution is -2.44. The molecule has 2 N–H and O–H groups in total. The van der Waals surface area contributed by atoms with E-state index in [4.69, 9.17) is 9.47 Å². The molecule has 0 atom stereocenters. The number of carbonyl (C=O) groups excluding carboxylic acids is 2. The van der Waals surface area contributed by atoms with Gasteiger partial charge in [0.1, 0.15) is 17.1 Å². The number of piperidine rings is 1. The van der Waals surface area contributed by atoms with E-state index in [1.54, 1.807) is 20.8 Å². The Morgan fingerprint density at radius 3 is 2.37 bits per heavy atom. The van der Waals surface area contributed by atoms with Crippen molar-refractivity contribution in [3.05, 3.63) is 29.3 Å². The second-order valence-corrected chi connectivity index (χ2v) is 12.2. The molecule has 15 heteroatoms. The van der Waals surface area contributed by atoms with Crippen LogP contribution in [0.2, 0.25) is 0 Å². The van der Waals surface area contributed by atoms with Crippen LogP contribution in [0.15, 0.2) is 34.2 Å². The Labute approximate surface area is 225 Å². The average Bonchev–Trinajstić information content (AvgIpc) is 2.83. The number of hydrogen-bond acceptors (Lipinski definition) is 8. The lowest BCUT2D eigenvalue weighted by molar-refractivity contribution is -0.127. The predicted octanol–water partition coefficient (Wildman–Crippen LogP) is 3.66. The number of ether oxygens (including phenoxy) is 2. The summed E-state index contributed by atoms with van der Waals surface area (Å²) < 4.78 is 76.5. The fraction of sp³-hybridized carbons (Fsp3) is 0.609. The van der Waals surface area contributed by atoms with Crippen molar-refractivity contribution in [2.24, 2.45) is 5.92 Å². The van der Waals surface area contributed by atoms with Gasteiger partial charge in [0, 0.05) is 44.0 Å². The Bertz CT molecular complexity index is 1080. The number of pyridine rings is 1. The summed E-state index contributed by atoms with van der Waals surface area (Å²) in [6.45, 7) is 5.02. The van der Waals surface area contributed by atoms with Gasteiger partial charge in [-0.15, -0.1) is 0 Å². The van der Waals surface area contributed by atoms with E-state index in [0.29, 0.717) is 12.5 Å². The molecule has 0 spiro atoms. The van der Waals surface area contributed by atoms with Gasteiger partial charge in [-0.3, -0.25) is 4.79 Å². The number of halogens is 3. The molecule has 2 rings (SSSR count). The molecule has 1 aromatic rings. The van der Waals surface area contributed by atoms with Crippen LogP contribution in [0.25, 0.3) is 0 Å². The first-order valence-electron chi connectivity index (χ1n) is 11.8. The Morgan fingerprint density at radius 2 is 1.84 bits per heavy atom. The molecule has 2 heterocycles. The minimum atomic E-state index is -3.90. The molecule has 214 valence electrons. The lowest BCUT2D eigenvalue weighted by Gasteiger charge is -2.30. The average molecular weight is 583 g/mol. The summed E-state index contributed by atoms with van der Waals surface area (Å²) in [6.07, 6.45) is 0.855. The molecule has 38 heavy (non-hydrogen) atoms. The van der Waals surface area contributed by atoms with Crippen LogP contribution in [-0.4, -0.2) is 74.0 Å². The van der Waals surface area contributed by atoms with Crippen LogP contribution >= 0.6 is 12.1 Å². The summed E-state index contributed by atoms with van der Waals surface area (Å²) in [7, 11) is -3.90. The number of nitrogens with one attached hydrogen (secondary N) is 2. The van der Waals surface area contributed by atoms with Crippen molar-refractivity contribution in [1.82, 2.24) is 19.9 Å². The van der Waals surface area contributed by atoms with E-state index < -0.39 is 46.0 Å². The van der Waals surface area contributed by atoms with Crippen molar-refractivity contribution >= 4 is 34.2 Å². The van der Waals surface area contributed by atoms with Gasteiger partial charge in [0.15, 0.2) is 0 Å². The Balaban J connectivity index is 1.89. The molecular weight excluding hydrogens is 549 g/mol. The monoisotopic (exact) mass is 582 g/mol. The van der Waals surface area contributed by atoms with Gasteiger partial charge in [0.2, 0.25) is 21.8 Å². The van der Waals surface area contributed by atoms with Gasteiger partial charge in [-0.05, 0) is 45.3 Å². The maximum atomic E-state index is 13.0. The largest absolute Gasteiger partial charge is 0.473 e. The minimum absolute atomic E-state index is 0.0346. The van der Waals surface area contributed by atoms with E-state index in [9.17, 15) is 30.7 Å². The quantitative estimate of drug-likeness (QED) is 0.405. The van der Waals surface area contributed by atoms with Crippen LogP contribution in [0.3, 0.4) is 0 Å². The number of alkyl halides is 2. The smallest absolute Gasteiger partial charge is 0.407 e. The van der Waals surface area contributed by atoms with E-state index in [0.717, 1.165) is 11.6 Å². The summed E-state index contributed by atoms with van der Waals surface area (Å²) in [5.41, 5.74) is -0.304. The summed E-state index contributed by atoms with van der Waals surface area (Å²) in [4.78, 5) is 27.8. The zero-order chi connectivity index (χ0) is 28.6. The highest BCUT2D eigenvalue weighted by molar-refractivity contribution is 7.97. The van der Waals surface area contributed by atoms with Gasteiger partial charge in [0.25, 0.3) is 5.92 Å². The third-order valence-corrected chi connectivity index (χ3v) is 7.52. The van der Waals surface area contributed by atoms with Crippen LogP contribution in [0.5, 0.6) is 5.88 Å². The summed E-state index contributed by atoms with van der Waals surface area (Å²) in [5.74, 6) is -4.01. The van der Waals surface area contributed by atoms with Gasteiger partial charge < -0.3 is 20.1 Å². The maximum absolute atomic E-state index is 13.0. The molecule has 10 nitrogen and oxygen atoms in total. The SMILES string of the molecule is CC(F)(F)CNC(=O)C1CCN(S(=O)(=O)c2ccc(OC/C(=C/SF)CNC(=O)OC(C)(C)C)nc2)CC1. The van der Waals surface area contributed by atoms with Crippen LogP contribution < -0.4 is 15.4 Å². The van der Waals surface area contributed by atoms with Crippen LogP contribution in [0.1, 0.15) is 40.5 Å². The second kappa shape index (κ2) is 13.5. The molecule has 0 unspecified atom stereocenters. The van der Waals surface area contributed by atoms with Gasteiger partial charge >= 0.3 is 6.09 Å². The van der Waals surface area contributed by atoms with Crippen molar-refractivity contribution in [3.63, 3.8) is 0 Å². The predicted molar refractivity (Wildman–Crippen MR) is 136 cm³/mol. The van der Waals surface area contributed by atoms with Crippen LogP contribution in [0, 0.1) is 5.92 Å². The fourth-order valence-corrected chi connectivity index (χ4v) is 5.05. The van der Waals surface area contributed by atoms with E-state index in [1.807, 2.05) is 0 Å². The highest BCUT2D eigenvalue weighted by Crippen LogP contribution is 2.25. The third-order valence-electron chi connectivity index (χ3n) is 5.22. The molecule has 1 fully saturated rings. The first kappa shape index (κ1) is 31.7. The van der Waals surface area contributed by atoms with Crippen molar-refractivity contribution in [3.8, 4) is 5.88 Å². The number of amides is 2. The molecule has 2 amide bonds. The van der Waals surface area contributed by atoms with Crippen LogP contribution in [0.4, 0.5) is 17.5 Å². The number of alkyl carbamates (subject to hydrolysis) is 1. The zero-order valence-corrected chi connectivity index (χ0v) is 23.3. The summed E-state index contributed by atoms with van der Waals surface area (Å²) in [6, 6.07) is 2.66. The minimum Gasteiger partial charge on any atom is -0.473 e. The topological polar surface area (TPSA) is 127 Å². The first-order chi connectivity index (χ1) is 17.6. The molecule has 0 aliphatic carbocycles. The fourth-order valence-electron chi connectivity index (χ4n) is 3.35. The number of rotatable bonds is 11. The third kappa shape index (κ3) is 10.7. The normalized spacial score (nSPS) is 16.1. The molecule has 0 aromatic carbocycles. The van der Waals surface area contributed by atoms with E-state index in [1.165, 1.54) is 16.4 Å². The van der Waals surface area contributed by atoms with Crippen molar-refractivity contribution in [2.45, 2.75) is 57.0 Å². The molecule has 1 aromatic heterocycles. The van der Waals surface area contributed by atoms with Crippen molar-refractivity contribution < 1.29 is 40.1 Å². The summed E-state index contributed by atoms with van der Waals surface area (Å²) >= 11 is -0.0610. The van der Waals surface area contributed by atoms with Gasteiger partial charge in [-0.2, -0.15) is 8.19 Å². The molecule has 0 saturated carbocycles. The Morgan fingerprint density at radius 1 is 1.18 bits per heavy atom. The van der Waals surface area contributed by atoms with E-state index >= 15 is 0 Å². The van der Waals surface area contributed by atoms with Gasteiger partial charge in [-0.25, -0.2) is 27.0 Å². The molecule has 0 bridgehead atoms. The van der Waals surface area contributed by atoms with Crippen LogP contribution in [-0.2, 0) is 19.6 Å². The van der Waals surface area contributed by atoms with Crippen molar-refractivity contribution in [2.75, 3.05) is 32.8 Å². The zero-order valence-electron chi connectivity index (χ0n) is 21.6. The van der Waals surface area contributed by atoms with Gasteiger partial charge in [0.05, 0.1) is 24.9 Å². The highest BCUT2D eigenvalue weighted by atomic mass is 32.2. The molecule has 1 aliphatic heterocycles. The number of nitrogens with zero attached hydrogens (tertiary/aromatic N) is 2. The van der Waals surface area contributed by atoms with E-state index in [2.05, 4.69) is 15.6 Å². The molecule has 1 saturated heterocycles. The number of sulfonamides is 1. The molecular formula is C23H33F3N4O6S2. The number of aromatic nitrogens is 1. The number of hydrogen-bond donors (Lipinski definition) is 2. The van der Waals surface area contributed by atoms with Crippen molar-refractivity contribution in [1.29, 1.82) is 0 Å². The molecule has 1 aliphatic rings.